The van der Waals surface area contributed by atoms with E-state index < -0.39 is 10.0 Å². The molecule has 6 nitrogen and oxygen atoms in total. The van der Waals surface area contributed by atoms with Crippen molar-refractivity contribution in [3.05, 3.63) is 29.3 Å². The first-order chi connectivity index (χ1) is 12.2. The molecule has 3 rings (SSSR count). The molecule has 2 saturated heterocycles. The van der Waals surface area contributed by atoms with Crippen LogP contribution >= 0.6 is 12.4 Å². The second-order valence-corrected chi connectivity index (χ2v) is 9.86. The van der Waals surface area contributed by atoms with E-state index in [2.05, 4.69) is 5.32 Å². The van der Waals surface area contributed by atoms with Gasteiger partial charge in [-0.2, -0.15) is 4.31 Å². The van der Waals surface area contributed by atoms with Gasteiger partial charge in [0, 0.05) is 26.7 Å². The summed E-state index contributed by atoms with van der Waals surface area (Å²) in [5, 5.41) is 3.41. The standard InChI is InChI=1S/C19H29N3O3S.ClH/c1-15-4-5-17(12-16(15)2)26(24,25)21(3)13-18(23)22-10-7-19(8-11-22)6-9-20-14-19;/h4-5,12,20H,6-11,13-14H2,1-3H3;1H. The molecule has 8 heteroatoms. The minimum absolute atomic E-state index is 0. The van der Waals surface area contributed by atoms with E-state index in [4.69, 9.17) is 0 Å². The first-order valence-electron chi connectivity index (χ1n) is 9.26. The Hall–Kier alpha value is -1.15. The largest absolute Gasteiger partial charge is 0.342 e. The van der Waals surface area contributed by atoms with Gasteiger partial charge in [0.25, 0.3) is 0 Å². The molecule has 2 fully saturated rings. The Morgan fingerprint density at radius 3 is 2.41 bits per heavy atom. The zero-order valence-corrected chi connectivity index (χ0v) is 18.0. The molecular formula is C19H30ClN3O3S. The summed E-state index contributed by atoms with van der Waals surface area (Å²) in [6.07, 6.45) is 3.18. The van der Waals surface area contributed by atoms with Gasteiger partial charge in [-0.3, -0.25) is 4.79 Å². The van der Waals surface area contributed by atoms with E-state index in [9.17, 15) is 13.2 Å². The second-order valence-electron chi connectivity index (χ2n) is 7.81. The summed E-state index contributed by atoms with van der Waals surface area (Å²) in [4.78, 5) is 14.7. The Balaban J connectivity index is 0.00000261. The predicted octanol–water partition coefficient (Wildman–Crippen LogP) is 1.95. The van der Waals surface area contributed by atoms with Gasteiger partial charge in [-0.1, -0.05) is 6.07 Å². The number of amides is 1. The van der Waals surface area contributed by atoms with Crippen LogP contribution < -0.4 is 5.32 Å². The lowest BCUT2D eigenvalue weighted by atomic mass is 9.78. The van der Waals surface area contributed by atoms with E-state index in [1.807, 2.05) is 18.7 Å². The summed E-state index contributed by atoms with van der Waals surface area (Å²) < 4.78 is 26.7. The number of likely N-dealkylation sites (N-methyl/N-ethyl adjacent to an activating group) is 1. The molecule has 2 aliphatic heterocycles. The molecule has 152 valence electrons. The highest BCUT2D eigenvalue weighted by molar-refractivity contribution is 7.89. The maximum Gasteiger partial charge on any atom is 0.243 e. The molecule has 27 heavy (non-hydrogen) atoms. The van der Waals surface area contributed by atoms with Crippen molar-refractivity contribution >= 4 is 28.3 Å². The van der Waals surface area contributed by atoms with Crippen LogP contribution in [-0.2, 0) is 14.8 Å². The molecule has 0 saturated carbocycles. The maximum absolute atomic E-state index is 12.8. The van der Waals surface area contributed by atoms with E-state index in [0.717, 1.165) is 50.1 Å². The topological polar surface area (TPSA) is 69.7 Å². The Morgan fingerprint density at radius 1 is 1.19 bits per heavy atom. The molecule has 1 N–H and O–H groups in total. The molecule has 0 bridgehead atoms. The van der Waals surface area contributed by atoms with Crippen LogP contribution in [0, 0.1) is 19.3 Å². The lowest BCUT2D eigenvalue weighted by Gasteiger charge is -2.39. The van der Waals surface area contributed by atoms with E-state index in [1.54, 1.807) is 18.2 Å². The fraction of sp³-hybridized carbons (Fsp3) is 0.632. The molecule has 1 aromatic carbocycles. The Kier molecular flexibility index (Phi) is 6.95. The number of hydrogen-bond acceptors (Lipinski definition) is 4. The number of likely N-dealkylation sites (tertiary alicyclic amines) is 1. The fourth-order valence-corrected chi connectivity index (χ4v) is 5.09. The smallest absolute Gasteiger partial charge is 0.243 e. The SMILES string of the molecule is Cc1ccc(S(=O)(=O)N(C)CC(=O)N2CCC3(CCNC3)CC2)cc1C.Cl. The molecule has 2 aliphatic rings. The van der Waals surface area contributed by atoms with Crippen LogP contribution in [0.15, 0.2) is 23.1 Å². The number of piperidine rings is 1. The number of benzene rings is 1. The molecular weight excluding hydrogens is 386 g/mol. The summed E-state index contributed by atoms with van der Waals surface area (Å²) >= 11 is 0. The number of aryl methyl sites for hydroxylation is 2. The summed E-state index contributed by atoms with van der Waals surface area (Å²) in [7, 11) is -2.18. The van der Waals surface area contributed by atoms with E-state index in [-0.39, 0.29) is 29.8 Å². The zero-order valence-electron chi connectivity index (χ0n) is 16.3. The highest BCUT2D eigenvalue weighted by atomic mass is 35.5. The number of nitrogens with zero attached hydrogens (tertiary/aromatic N) is 2. The number of rotatable bonds is 4. The van der Waals surface area contributed by atoms with Gasteiger partial charge in [-0.15, -0.1) is 12.4 Å². The monoisotopic (exact) mass is 415 g/mol. The molecule has 0 aromatic heterocycles. The van der Waals surface area contributed by atoms with Crippen molar-refractivity contribution in [2.24, 2.45) is 5.41 Å². The van der Waals surface area contributed by atoms with Crippen molar-refractivity contribution in [1.29, 1.82) is 0 Å². The minimum Gasteiger partial charge on any atom is -0.342 e. The van der Waals surface area contributed by atoms with E-state index >= 15 is 0 Å². The van der Waals surface area contributed by atoms with Gasteiger partial charge in [0.1, 0.15) is 0 Å². The zero-order chi connectivity index (χ0) is 18.9. The highest BCUT2D eigenvalue weighted by Gasteiger charge is 2.38. The van der Waals surface area contributed by atoms with Gasteiger partial charge in [-0.25, -0.2) is 8.42 Å². The number of nitrogens with one attached hydrogen (secondary N) is 1. The van der Waals surface area contributed by atoms with Gasteiger partial charge in [0.05, 0.1) is 11.4 Å². The molecule has 0 aliphatic carbocycles. The quantitative estimate of drug-likeness (QED) is 0.815. The van der Waals surface area contributed by atoms with Crippen LogP contribution in [0.5, 0.6) is 0 Å². The third kappa shape index (κ3) is 4.65. The third-order valence-electron chi connectivity index (χ3n) is 6.05. The number of carbonyl (C=O) groups excluding carboxylic acids is 1. The first-order valence-corrected chi connectivity index (χ1v) is 10.7. The maximum atomic E-state index is 12.8. The van der Waals surface area contributed by atoms with Gasteiger partial charge in [0.15, 0.2) is 0 Å². The van der Waals surface area contributed by atoms with Crippen molar-refractivity contribution in [3.63, 3.8) is 0 Å². The summed E-state index contributed by atoms with van der Waals surface area (Å²) in [6.45, 7) is 7.26. The number of halogens is 1. The molecule has 2 heterocycles. The second kappa shape index (κ2) is 8.47. The number of sulfonamides is 1. The molecule has 0 atom stereocenters. The summed E-state index contributed by atoms with van der Waals surface area (Å²) in [5.41, 5.74) is 2.32. The van der Waals surface area contributed by atoms with E-state index in [0.29, 0.717) is 5.41 Å². The van der Waals surface area contributed by atoms with Gasteiger partial charge in [-0.05, 0) is 68.3 Å². The number of carbonyl (C=O) groups is 1. The van der Waals surface area contributed by atoms with Crippen LogP contribution in [0.3, 0.4) is 0 Å². The van der Waals surface area contributed by atoms with Gasteiger partial charge < -0.3 is 10.2 Å². The van der Waals surface area contributed by atoms with E-state index in [1.165, 1.54) is 17.8 Å². The van der Waals surface area contributed by atoms with Gasteiger partial charge >= 0.3 is 0 Å². The Morgan fingerprint density at radius 2 is 1.85 bits per heavy atom. The van der Waals surface area contributed by atoms with Crippen LogP contribution in [0.25, 0.3) is 0 Å². The van der Waals surface area contributed by atoms with Crippen molar-refractivity contribution in [1.82, 2.24) is 14.5 Å². The van der Waals surface area contributed by atoms with Crippen molar-refractivity contribution in [3.8, 4) is 0 Å². The van der Waals surface area contributed by atoms with Crippen LogP contribution in [-0.4, -0.2) is 63.3 Å². The average molecular weight is 416 g/mol. The van der Waals surface area contributed by atoms with Crippen molar-refractivity contribution in [2.75, 3.05) is 39.8 Å². The molecule has 1 aromatic rings. The molecule has 0 radical (unpaired) electrons. The van der Waals surface area contributed by atoms with Crippen molar-refractivity contribution in [2.45, 2.75) is 38.0 Å². The van der Waals surface area contributed by atoms with Gasteiger partial charge in [0.2, 0.25) is 15.9 Å². The molecule has 1 spiro atoms. The Labute approximate surface area is 168 Å². The van der Waals surface area contributed by atoms with Crippen molar-refractivity contribution < 1.29 is 13.2 Å². The average Bonchev–Trinajstić information content (AvgIpc) is 3.05. The predicted molar refractivity (Wildman–Crippen MR) is 109 cm³/mol. The lowest BCUT2D eigenvalue weighted by molar-refractivity contribution is -0.133. The first kappa shape index (κ1) is 22.1. The molecule has 1 amide bonds. The van der Waals surface area contributed by atoms with Crippen LogP contribution in [0.4, 0.5) is 0 Å². The Bertz CT molecular complexity index is 781. The van der Waals surface area contributed by atoms with Crippen LogP contribution in [0.1, 0.15) is 30.4 Å². The van der Waals surface area contributed by atoms with Crippen LogP contribution in [0.2, 0.25) is 0 Å². The summed E-state index contributed by atoms with van der Waals surface area (Å²) in [6, 6.07) is 5.08. The minimum atomic E-state index is -3.66. The summed E-state index contributed by atoms with van der Waals surface area (Å²) in [5.74, 6) is -0.110. The molecule has 0 unspecified atom stereocenters. The number of hydrogen-bond donors (Lipinski definition) is 1. The highest BCUT2D eigenvalue weighted by Crippen LogP contribution is 2.36. The normalized spacial score (nSPS) is 19.3. The fourth-order valence-electron chi connectivity index (χ4n) is 3.88. The third-order valence-corrected chi connectivity index (χ3v) is 7.85. The lowest BCUT2D eigenvalue weighted by Crippen LogP contribution is -2.47.